The molecule has 5 nitrogen and oxygen atoms in total. The van der Waals surface area contributed by atoms with E-state index in [1.54, 1.807) is 0 Å². The smallest absolute Gasteiger partial charge is 0.163 e. The SMILES string of the molecule is CC1(C)[C@@]2(C)N=N[C@]1(C)[C@H]1[C@@H]2[C@H](O)O[C@@H]1O. The molecule has 3 rings (SSSR count). The van der Waals surface area contributed by atoms with E-state index < -0.39 is 23.7 Å². The van der Waals surface area contributed by atoms with Gasteiger partial charge in [-0.1, -0.05) is 13.8 Å². The number of hydrogen-bond donors (Lipinski definition) is 2. The van der Waals surface area contributed by atoms with Gasteiger partial charge < -0.3 is 14.9 Å². The molecule has 2 heterocycles. The lowest BCUT2D eigenvalue weighted by Gasteiger charge is -2.38. The summed E-state index contributed by atoms with van der Waals surface area (Å²) in [5.41, 5.74) is -1.09. The second kappa shape index (κ2) is 2.49. The molecule has 90 valence electrons. The summed E-state index contributed by atoms with van der Waals surface area (Å²) in [6.07, 6.45) is -1.88. The topological polar surface area (TPSA) is 74.4 Å². The highest BCUT2D eigenvalue weighted by molar-refractivity contribution is 5.28. The monoisotopic (exact) mass is 226 g/mol. The molecule has 1 saturated heterocycles. The minimum absolute atomic E-state index is 0.167. The average molecular weight is 226 g/mol. The molecule has 2 N–H and O–H groups in total. The van der Waals surface area contributed by atoms with E-state index in [2.05, 4.69) is 24.1 Å². The number of fused-ring (bicyclic) bond motifs is 5. The van der Waals surface area contributed by atoms with Gasteiger partial charge >= 0.3 is 0 Å². The van der Waals surface area contributed by atoms with Gasteiger partial charge in [0.25, 0.3) is 0 Å². The molecule has 16 heavy (non-hydrogen) atoms. The Morgan fingerprint density at radius 1 is 0.875 bits per heavy atom. The highest BCUT2D eigenvalue weighted by Crippen LogP contribution is 2.69. The van der Waals surface area contributed by atoms with Gasteiger partial charge in [-0.25, -0.2) is 0 Å². The number of aliphatic hydroxyl groups excluding tert-OH is 2. The van der Waals surface area contributed by atoms with Crippen molar-refractivity contribution >= 4 is 0 Å². The first-order valence-corrected chi connectivity index (χ1v) is 5.71. The zero-order valence-corrected chi connectivity index (χ0v) is 10.0. The first-order valence-electron chi connectivity index (χ1n) is 5.71. The normalized spacial score (nSPS) is 61.6. The predicted molar refractivity (Wildman–Crippen MR) is 55.5 cm³/mol. The fourth-order valence-corrected chi connectivity index (χ4v) is 3.86. The van der Waals surface area contributed by atoms with Gasteiger partial charge in [0.2, 0.25) is 0 Å². The van der Waals surface area contributed by atoms with Crippen LogP contribution in [0.3, 0.4) is 0 Å². The fourth-order valence-electron chi connectivity index (χ4n) is 3.86. The number of rotatable bonds is 0. The van der Waals surface area contributed by atoms with E-state index in [0.717, 1.165) is 0 Å². The van der Waals surface area contributed by atoms with Crippen LogP contribution in [0.4, 0.5) is 0 Å². The van der Waals surface area contributed by atoms with Gasteiger partial charge in [0.15, 0.2) is 12.6 Å². The molecule has 0 unspecified atom stereocenters. The van der Waals surface area contributed by atoms with Crippen LogP contribution in [-0.4, -0.2) is 33.9 Å². The van der Waals surface area contributed by atoms with Gasteiger partial charge in [0.1, 0.15) is 0 Å². The van der Waals surface area contributed by atoms with Gasteiger partial charge in [0.05, 0.1) is 11.1 Å². The molecule has 2 bridgehead atoms. The van der Waals surface area contributed by atoms with Gasteiger partial charge in [0, 0.05) is 17.3 Å². The molecular formula is C11H18N2O3. The van der Waals surface area contributed by atoms with Gasteiger partial charge in [-0.2, -0.15) is 10.2 Å². The Bertz CT molecular complexity index is 351. The number of hydrogen-bond acceptors (Lipinski definition) is 5. The van der Waals surface area contributed by atoms with Crippen LogP contribution in [0, 0.1) is 17.3 Å². The third kappa shape index (κ3) is 0.762. The molecule has 0 aromatic heterocycles. The van der Waals surface area contributed by atoms with E-state index in [0.29, 0.717) is 0 Å². The van der Waals surface area contributed by atoms with Crippen LogP contribution < -0.4 is 0 Å². The highest BCUT2D eigenvalue weighted by Gasteiger charge is 2.78. The molecule has 5 heteroatoms. The summed E-state index contributed by atoms with van der Waals surface area (Å²) in [5, 5.41) is 28.6. The molecule has 0 radical (unpaired) electrons. The standard InChI is InChI=1S/C11H18N2O3/c1-9(2)10(3)5-6(8(15)16-7(5)14)11(9,4)13-12-10/h5-8,14-15H,1-4H3/t5-,6+,7-,8+,10+,11-. The summed E-state index contributed by atoms with van der Waals surface area (Å²) in [4.78, 5) is 0. The Hall–Kier alpha value is -0.520. The van der Waals surface area contributed by atoms with Crippen LogP contribution in [0.25, 0.3) is 0 Å². The van der Waals surface area contributed by atoms with Crippen molar-refractivity contribution in [3.63, 3.8) is 0 Å². The minimum atomic E-state index is -0.939. The van der Waals surface area contributed by atoms with Crippen LogP contribution in [0.1, 0.15) is 27.7 Å². The van der Waals surface area contributed by atoms with Crippen LogP contribution in [0.5, 0.6) is 0 Å². The second-order valence-corrected chi connectivity index (χ2v) is 6.09. The molecule has 2 fully saturated rings. The molecule has 0 amide bonds. The summed E-state index contributed by atoms with van der Waals surface area (Å²) in [6.45, 7) is 8.20. The number of azo groups is 1. The average Bonchev–Trinajstić information content (AvgIpc) is 2.61. The minimum Gasteiger partial charge on any atom is -0.367 e. The summed E-state index contributed by atoms with van der Waals surface area (Å²) < 4.78 is 5.12. The van der Waals surface area contributed by atoms with Gasteiger partial charge in [-0.15, -0.1) is 0 Å². The fraction of sp³-hybridized carbons (Fsp3) is 1.00. The zero-order chi connectivity index (χ0) is 11.9. The van der Waals surface area contributed by atoms with Crippen molar-refractivity contribution in [3.8, 4) is 0 Å². The number of nitrogens with zero attached hydrogens (tertiary/aromatic N) is 2. The summed E-state index contributed by atoms with van der Waals surface area (Å²) in [7, 11) is 0. The van der Waals surface area contributed by atoms with Crippen molar-refractivity contribution < 1.29 is 14.9 Å². The van der Waals surface area contributed by atoms with E-state index in [9.17, 15) is 10.2 Å². The van der Waals surface area contributed by atoms with Crippen molar-refractivity contribution in [1.82, 2.24) is 0 Å². The lowest BCUT2D eigenvalue weighted by atomic mass is 9.68. The van der Waals surface area contributed by atoms with Crippen molar-refractivity contribution in [2.75, 3.05) is 0 Å². The Kier molecular flexibility index (Phi) is 1.66. The molecule has 2 aliphatic heterocycles. The van der Waals surface area contributed by atoms with Crippen LogP contribution in [0.15, 0.2) is 10.2 Å². The van der Waals surface area contributed by atoms with Crippen LogP contribution >= 0.6 is 0 Å². The molecule has 1 aliphatic carbocycles. The third-order valence-corrected chi connectivity index (χ3v) is 5.57. The largest absolute Gasteiger partial charge is 0.367 e. The molecule has 6 atom stereocenters. The van der Waals surface area contributed by atoms with E-state index in [-0.39, 0.29) is 17.3 Å². The first kappa shape index (κ1) is 10.6. The first-order chi connectivity index (χ1) is 7.26. The Balaban J connectivity index is 2.20. The third-order valence-electron chi connectivity index (χ3n) is 5.57. The zero-order valence-electron chi connectivity index (χ0n) is 10.0. The number of ether oxygens (including phenoxy) is 1. The van der Waals surface area contributed by atoms with E-state index in [1.807, 2.05) is 13.8 Å². The summed E-state index contributed by atoms with van der Waals surface area (Å²) in [5.74, 6) is -0.333. The van der Waals surface area contributed by atoms with Crippen LogP contribution in [-0.2, 0) is 4.74 Å². The van der Waals surface area contributed by atoms with E-state index in [1.165, 1.54) is 0 Å². The second-order valence-electron chi connectivity index (χ2n) is 6.09. The van der Waals surface area contributed by atoms with Crippen molar-refractivity contribution in [3.05, 3.63) is 0 Å². The Morgan fingerprint density at radius 3 is 1.62 bits per heavy atom. The summed E-state index contributed by atoms with van der Waals surface area (Å²) >= 11 is 0. The van der Waals surface area contributed by atoms with Crippen molar-refractivity contribution in [1.29, 1.82) is 0 Å². The van der Waals surface area contributed by atoms with E-state index in [4.69, 9.17) is 4.74 Å². The Labute approximate surface area is 94.5 Å². The predicted octanol–water partition coefficient (Wildman–Crippen LogP) is 0.909. The number of aliphatic hydroxyl groups is 2. The maximum Gasteiger partial charge on any atom is 0.163 e. The maximum atomic E-state index is 9.92. The molecule has 0 spiro atoms. The quantitative estimate of drug-likeness (QED) is 0.644. The lowest BCUT2D eigenvalue weighted by Crippen LogP contribution is -2.47. The highest BCUT2D eigenvalue weighted by atomic mass is 16.7. The lowest BCUT2D eigenvalue weighted by molar-refractivity contribution is -0.187. The van der Waals surface area contributed by atoms with Crippen molar-refractivity contribution in [2.45, 2.75) is 51.4 Å². The van der Waals surface area contributed by atoms with E-state index >= 15 is 0 Å². The molecular weight excluding hydrogens is 208 g/mol. The maximum absolute atomic E-state index is 9.92. The van der Waals surface area contributed by atoms with Gasteiger partial charge in [-0.3, -0.25) is 0 Å². The summed E-state index contributed by atoms with van der Waals surface area (Å²) in [6, 6.07) is 0. The molecule has 0 aromatic carbocycles. The molecule has 1 saturated carbocycles. The molecule has 3 aliphatic rings. The van der Waals surface area contributed by atoms with Crippen LogP contribution in [0.2, 0.25) is 0 Å². The Morgan fingerprint density at radius 2 is 1.25 bits per heavy atom. The van der Waals surface area contributed by atoms with Crippen molar-refractivity contribution in [2.24, 2.45) is 27.5 Å². The molecule has 0 aromatic rings. The van der Waals surface area contributed by atoms with Gasteiger partial charge in [-0.05, 0) is 13.8 Å².